The summed E-state index contributed by atoms with van der Waals surface area (Å²) in [6.45, 7) is 0. The summed E-state index contributed by atoms with van der Waals surface area (Å²) in [6.07, 6.45) is 5.37. The molecule has 4 aromatic rings. The molecule has 0 amide bonds. The van der Waals surface area contributed by atoms with E-state index in [-0.39, 0.29) is 17.3 Å². The van der Waals surface area contributed by atoms with E-state index in [1.165, 1.54) is 6.26 Å². The maximum absolute atomic E-state index is 14.5. The molecule has 3 atom stereocenters. The van der Waals surface area contributed by atoms with Gasteiger partial charge in [0.05, 0.1) is 25.3 Å². The normalized spacial score (nSPS) is 22.3. The number of hydrogen-bond acceptors (Lipinski definition) is 6. The summed E-state index contributed by atoms with van der Waals surface area (Å²) in [5.41, 5.74) is 1.40. The van der Waals surface area contributed by atoms with E-state index >= 15 is 0 Å². The van der Waals surface area contributed by atoms with Gasteiger partial charge in [-0.15, -0.1) is 0 Å². The molecule has 0 radical (unpaired) electrons. The number of benzene rings is 3. The van der Waals surface area contributed by atoms with Gasteiger partial charge in [-0.25, -0.2) is 0 Å². The molecule has 38 heavy (non-hydrogen) atoms. The summed E-state index contributed by atoms with van der Waals surface area (Å²) < 4.78 is 11.2. The summed E-state index contributed by atoms with van der Waals surface area (Å²) >= 11 is 0. The van der Waals surface area contributed by atoms with Gasteiger partial charge in [-0.05, 0) is 48.0 Å². The van der Waals surface area contributed by atoms with Crippen LogP contribution in [0.2, 0.25) is 0 Å². The van der Waals surface area contributed by atoms with Gasteiger partial charge >= 0.3 is 0 Å². The quantitative estimate of drug-likeness (QED) is 0.267. The third kappa shape index (κ3) is 2.80. The minimum atomic E-state index is -1.56. The van der Waals surface area contributed by atoms with Gasteiger partial charge in [-0.2, -0.15) is 0 Å². The second-order valence-electron chi connectivity index (χ2n) is 9.87. The molecular formula is C32H23NO5. The predicted octanol–water partition coefficient (Wildman–Crippen LogP) is 5.60. The molecule has 7 rings (SSSR count). The van der Waals surface area contributed by atoms with E-state index in [1.807, 2.05) is 41.3 Å². The highest BCUT2D eigenvalue weighted by atomic mass is 16.5. The van der Waals surface area contributed by atoms with Gasteiger partial charge in [0.25, 0.3) is 0 Å². The predicted molar refractivity (Wildman–Crippen MR) is 142 cm³/mol. The van der Waals surface area contributed by atoms with Crippen molar-refractivity contribution < 1.29 is 23.5 Å². The van der Waals surface area contributed by atoms with Crippen LogP contribution in [0.3, 0.4) is 0 Å². The molecule has 6 nitrogen and oxygen atoms in total. The summed E-state index contributed by atoms with van der Waals surface area (Å²) in [5.74, 6) is -0.524. The molecule has 0 saturated carbocycles. The summed E-state index contributed by atoms with van der Waals surface area (Å²) in [6, 6.07) is 23.6. The first-order valence-corrected chi connectivity index (χ1v) is 12.5. The fraction of sp³-hybridized carbons (Fsp3) is 0.156. The summed E-state index contributed by atoms with van der Waals surface area (Å²) in [7, 11) is 1.57. The van der Waals surface area contributed by atoms with Gasteiger partial charge in [0.1, 0.15) is 23.0 Å². The Hall–Kier alpha value is -4.71. The standard InChI is InChI=1S/C32H23NO5/c1-37-21-15-12-20(13-16-21)29(34)28-27(25-11-6-18-38-25)32(30(35)22-8-3-4-9-23(22)31(32)36)26-17-14-19-7-2-5-10-24(19)33(26)28/h2-18,26-28H,1H3/t26?,27-,28+/m0/s1. The number of ether oxygens (including phenoxy) is 1. The minimum Gasteiger partial charge on any atom is -0.497 e. The third-order valence-corrected chi connectivity index (χ3v) is 8.21. The smallest absolute Gasteiger partial charge is 0.186 e. The number of nitrogens with zero attached hydrogens (tertiary/aromatic N) is 1. The number of carbonyl (C=O) groups excluding carboxylic acids is 3. The molecule has 1 saturated heterocycles. The first-order valence-electron chi connectivity index (χ1n) is 12.5. The number of furan rings is 1. The van der Waals surface area contributed by atoms with Crippen molar-refractivity contribution in [3.8, 4) is 5.75 Å². The molecule has 3 aromatic carbocycles. The highest BCUT2D eigenvalue weighted by Crippen LogP contribution is 2.61. The molecule has 3 aliphatic rings. The third-order valence-electron chi connectivity index (χ3n) is 8.21. The number of hydrogen-bond donors (Lipinski definition) is 0. The number of rotatable bonds is 4. The fourth-order valence-electron chi connectivity index (χ4n) is 6.62. The molecular weight excluding hydrogens is 478 g/mol. The lowest BCUT2D eigenvalue weighted by atomic mass is 9.65. The first-order chi connectivity index (χ1) is 18.6. The summed E-state index contributed by atoms with van der Waals surface area (Å²) in [4.78, 5) is 45.3. The number of methoxy groups -OCH3 is 1. The molecule has 1 spiro atoms. The van der Waals surface area contributed by atoms with Crippen LogP contribution < -0.4 is 9.64 Å². The van der Waals surface area contributed by atoms with E-state index < -0.39 is 23.4 Å². The fourth-order valence-corrected chi connectivity index (χ4v) is 6.62. The van der Waals surface area contributed by atoms with Crippen molar-refractivity contribution in [2.75, 3.05) is 12.0 Å². The molecule has 3 heterocycles. The zero-order valence-electron chi connectivity index (χ0n) is 20.5. The van der Waals surface area contributed by atoms with E-state index in [1.54, 1.807) is 67.8 Å². The average Bonchev–Trinajstić information content (AvgIpc) is 3.66. The Kier molecular flexibility index (Phi) is 4.82. The second kappa shape index (κ2) is 8.15. The Morgan fingerprint density at radius 1 is 0.868 bits per heavy atom. The van der Waals surface area contributed by atoms with Crippen LogP contribution in [0.4, 0.5) is 5.69 Å². The molecule has 1 unspecified atom stereocenters. The van der Waals surface area contributed by atoms with Gasteiger partial charge in [0.15, 0.2) is 17.3 Å². The number of carbonyl (C=O) groups is 3. The lowest BCUT2D eigenvalue weighted by Crippen LogP contribution is -2.48. The Labute approximate surface area is 219 Å². The van der Waals surface area contributed by atoms with Crippen molar-refractivity contribution in [2.45, 2.75) is 18.0 Å². The Morgan fingerprint density at radius 3 is 2.21 bits per heavy atom. The lowest BCUT2D eigenvalue weighted by molar-refractivity contribution is 0.0652. The van der Waals surface area contributed by atoms with Crippen LogP contribution in [0.25, 0.3) is 6.08 Å². The van der Waals surface area contributed by atoms with Crippen molar-refractivity contribution >= 4 is 29.1 Å². The number of fused-ring (bicyclic) bond motifs is 5. The van der Waals surface area contributed by atoms with Gasteiger partial charge in [-0.3, -0.25) is 14.4 Å². The molecule has 1 aliphatic carbocycles. The van der Waals surface area contributed by atoms with Gasteiger partial charge in [0, 0.05) is 22.4 Å². The van der Waals surface area contributed by atoms with Gasteiger partial charge in [0.2, 0.25) is 0 Å². The number of para-hydroxylation sites is 1. The Morgan fingerprint density at radius 2 is 1.55 bits per heavy atom. The van der Waals surface area contributed by atoms with Crippen molar-refractivity contribution in [1.29, 1.82) is 0 Å². The molecule has 1 aromatic heterocycles. The van der Waals surface area contributed by atoms with Crippen molar-refractivity contribution in [2.24, 2.45) is 5.41 Å². The number of Topliss-reactive ketones (excluding diaryl/α,β-unsaturated/α-hetero) is 3. The van der Waals surface area contributed by atoms with Gasteiger partial charge < -0.3 is 14.1 Å². The van der Waals surface area contributed by atoms with E-state index in [4.69, 9.17) is 9.15 Å². The lowest BCUT2D eigenvalue weighted by Gasteiger charge is -2.37. The van der Waals surface area contributed by atoms with Crippen molar-refractivity contribution in [3.63, 3.8) is 0 Å². The largest absolute Gasteiger partial charge is 0.497 e. The van der Waals surface area contributed by atoms with E-state index in [0.717, 1.165) is 11.3 Å². The maximum Gasteiger partial charge on any atom is 0.186 e. The van der Waals surface area contributed by atoms with Crippen LogP contribution in [0.5, 0.6) is 5.75 Å². The Bertz CT molecular complexity index is 1600. The van der Waals surface area contributed by atoms with Crippen LogP contribution in [0.15, 0.2) is 102 Å². The van der Waals surface area contributed by atoms with Crippen molar-refractivity contribution in [1.82, 2.24) is 0 Å². The van der Waals surface area contributed by atoms with Crippen LogP contribution in [0.1, 0.15) is 48.3 Å². The van der Waals surface area contributed by atoms with Crippen LogP contribution in [-0.2, 0) is 0 Å². The molecule has 1 fully saturated rings. The Balaban J connectivity index is 1.51. The zero-order chi connectivity index (χ0) is 26.0. The van der Waals surface area contributed by atoms with Crippen LogP contribution >= 0.6 is 0 Å². The molecule has 2 aliphatic heterocycles. The van der Waals surface area contributed by atoms with Crippen molar-refractivity contribution in [3.05, 3.63) is 125 Å². The number of anilines is 1. The SMILES string of the molecule is COc1ccc(C(=O)[C@H]2[C@H](c3ccco3)C3(C(=O)c4ccccc4C3=O)C3C=Cc4ccccc4N32)cc1. The summed E-state index contributed by atoms with van der Waals surface area (Å²) in [5, 5.41) is 0. The minimum absolute atomic E-state index is 0.197. The molecule has 0 N–H and O–H groups in total. The molecule has 186 valence electrons. The molecule has 0 bridgehead atoms. The van der Waals surface area contributed by atoms with Gasteiger partial charge in [-0.1, -0.05) is 54.6 Å². The topological polar surface area (TPSA) is 76.8 Å². The number of ketones is 3. The monoisotopic (exact) mass is 501 g/mol. The van der Waals surface area contributed by atoms with E-state index in [2.05, 4.69) is 0 Å². The first kappa shape index (κ1) is 22.5. The zero-order valence-corrected chi connectivity index (χ0v) is 20.5. The van der Waals surface area contributed by atoms with Crippen LogP contribution in [-0.4, -0.2) is 36.5 Å². The van der Waals surface area contributed by atoms with E-state index in [9.17, 15) is 14.4 Å². The van der Waals surface area contributed by atoms with Crippen LogP contribution in [0, 0.1) is 5.41 Å². The molecule has 6 heteroatoms. The second-order valence-corrected chi connectivity index (χ2v) is 9.87. The highest BCUT2D eigenvalue weighted by Gasteiger charge is 2.72. The maximum atomic E-state index is 14.5. The van der Waals surface area contributed by atoms with E-state index in [0.29, 0.717) is 28.2 Å². The average molecular weight is 502 g/mol. The highest BCUT2D eigenvalue weighted by molar-refractivity contribution is 6.32.